The van der Waals surface area contributed by atoms with E-state index in [-0.39, 0.29) is 23.8 Å². The molecule has 3 aliphatic rings. The number of carbonyl (C=O) groups excluding carboxylic acids is 2. The monoisotopic (exact) mass is 520 g/mol. The number of halogens is 2. The maximum atomic E-state index is 14.1. The maximum Gasteiger partial charge on any atom is 0.325 e. The maximum absolute atomic E-state index is 14.1. The molecular formula is C28H26ClFN4O3. The van der Waals surface area contributed by atoms with Crippen LogP contribution in [-0.4, -0.2) is 48.7 Å². The van der Waals surface area contributed by atoms with Crippen molar-refractivity contribution >= 4 is 34.9 Å². The fourth-order valence-corrected chi connectivity index (χ4v) is 5.71. The van der Waals surface area contributed by atoms with Crippen LogP contribution >= 0.6 is 11.6 Å². The topological polar surface area (TPSA) is 65.1 Å². The van der Waals surface area contributed by atoms with Gasteiger partial charge in [0, 0.05) is 54.4 Å². The van der Waals surface area contributed by atoms with Gasteiger partial charge < -0.3 is 19.9 Å². The minimum absolute atomic E-state index is 0.0890. The largest absolute Gasteiger partial charge is 0.467 e. The number of ether oxygens (including phenoxy) is 1. The molecule has 3 aromatic rings. The molecule has 7 nitrogen and oxygen atoms in total. The molecule has 2 saturated heterocycles. The summed E-state index contributed by atoms with van der Waals surface area (Å²) in [5, 5.41) is 3.65. The van der Waals surface area contributed by atoms with E-state index in [0.29, 0.717) is 60.3 Å². The van der Waals surface area contributed by atoms with E-state index < -0.39 is 5.72 Å². The lowest BCUT2D eigenvalue weighted by atomic mass is 9.90. The molecule has 6 rings (SSSR count). The zero-order valence-electron chi connectivity index (χ0n) is 20.3. The van der Waals surface area contributed by atoms with Crippen molar-refractivity contribution in [3.63, 3.8) is 0 Å². The number of carbonyl (C=O) groups is 2. The van der Waals surface area contributed by atoms with Crippen LogP contribution in [0.3, 0.4) is 0 Å². The number of hydrogen-bond acceptors (Lipinski definition) is 4. The smallest absolute Gasteiger partial charge is 0.325 e. The molecule has 37 heavy (non-hydrogen) atoms. The Labute approximate surface area is 219 Å². The molecule has 3 aliphatic heterocycles. The molecule has 0 saturated carbocycles. The number of piperazine rings is 1. The van der Waals surface area contributed by atoms with Gasteiger partial charge in [0.05, 0.1) is 11.7 Å². The van der Waals surface area contributed by atoms with Crippen LogP contribution < -0.4 is 19.9 Å². The van der Waals surface area contributed by atoms with E-state index in [9.17, 15) is 14.0 Å². The summed E-state index contributed by atoms with van der Waals surface area (Å²) < 4.78 is 20.4. The van der Waals surface area contributed by atoms with E-state index in [1.54, 1.807) is 52.3 Å². The van der Waals surface area contributed by atoms with Crippen LogP contribution in [0.2, 0.25) is 5.02 Å². The van der Waals surface area contributed by atoms with Crippen LogP contribution in [0.4, 0.5) is 20.6 Å². The number of anilines is 2. The Hall–Kier alpha value is -3.78. The van der Waals surface area contributed by atoms with E-state index in [0.717, 1.165) is 5.56 Å². The van der Waals surface area contributed by atoms with E-state index in [1.165, 1.54) is 6.07 Å². The van der Waals surface area contributed by atoms with Gasteiger partial charge >= 0.3 is 6.03 Å². The zero-order chi connectivity index (χ0) is 25.7. The summed E-state index contributed by atoms with van der Waals surface area (Å²) in [6, 6.07) is 18.7. The standard InChI is InChI=1S/C28H26ClFN4O3/c1-28-17-23(21-16-19(29)8-11-25(21)37-28)31-27(36)34(28)20-9-6-18(7-10-20)26(35)33-14-12-32(13-15-33)24-5-3-2-4-22(24)30/h2-11,16,23H,12-15,17H2,1H3,(H,31,36)/t23-,28-/m1/s1. The van der Waals surface area contributed by atoms with Gasteiger partial charge in [0.25, 0.3) is 5.91 Å². The Balaban J connectivity index is 1.17. The van der Waals surface area contributed by atoms with Crippen molar-refractivity contribution in [2.45, 2.75) is 25.1 Å². The second-order valence-electron chi connectivity index (χ2n) is 9.78. The van der Waals surface area contributed by atoms with E-state index >= 15 is 0 Å². The van der Waals surface area contributed by atoms with Crippen LogP contribution in [0.1, 0.15) is 35.3 Å². The van der Waals surface area contributed by atoms with Crippen LogP contribution in [-0.2, 0) is 0 Å². The highest BCUT2D eigenvalue weighted by molar-refractivity contribution is 6.30. The van der Waals surface area contributed by atoms with Gasteiger partial charge in [-0.05, 0) is 61.5 Å². The third-order valence-electron chi connectivity index (χ3n) is 7.37. The summed E-state index contributed by atoms with van der Waals surface area (Å²) in [6.45, 7) is 4.01. The third kappa shape index (κ3) is 4.15. The Morgan fingerprint density at radius 2 is 1.78 bits per heavy atom. The van der Waals surface area contributed by atoms with E-state index in [4.69, 9.17) is 16.3 Å². The van der Waals surface area contributed by atoms with Crippen LogP contribution in [0.25, 0.3) is 0 Å². The fourth-order valence-electron chi connectivity index (χ4n) is 5.53. The first-order valence-electron chi connectivity index (χ1n) is 12.3. The quantitative estimate of drug-likeness (QED) is 0.515. The first-order valence-corrected chi connectivity index (χ1v) is 12.7. The second kappa shape index (κ2) is 8.95. The Morgan fingerprint density at radius 1 is 1.05 bits per heavy atom. The van der Waals surface area contributed by atoms with Crippen molar-refractivity contribution in [2.75, 3.05) is 36.0 Å². The number of para-hydroxylation sites is 1. The number of urea groups is 1. The number of rotatable bonds is 3. The lowest BCUT2D eigenvalue weighted by Crippen LogP contribution is -2.65. The predicted molar refractivity (Wildman–Crippen MR) is 140 cm³/mol. The summed E-state index contributed by atoms with van der Waals surface area (Å²) in [7, 11) is 0. The van der Waals surface area contributed by atoms with Crippen molar-refractivity contribution < 1.29 is 18.7 Å². The van der Waals surface area contributed by atoms with Gasteiger partial charge in [-0.2, -0.15) is 0 Å². The second-order valence-corrected chi connectivity index (χ2v) is 10.2. The average molecular weight is 521 g/mol. The summed E-state index contributed by atoms with van der Waals surface area (Å²) in [4.78, 5) is 31.6. The van der Waals surface area contributed by atoms with Crippen molar-refractivity contribution in [3.05, 3.63) is 88.7 Å². The molecule has 0 unspecified atom stereocenters. The van der Waals surface area contributed by atoms with Gasteiger partial charge in [-0.25, -0.2) is 9.18 Å². The molecule has 0 radical (unpaired) electrons. The van der Waals surface area contributed by atoms with Gasteiger partial charge in [-0.3, -0.25) is 9.69 Å². The number of hydrogen-bond donors (Lipinski definition) is 1. The zero-order valence-corrected chi connectivity index (χ0v) is 21.0. The first kappa shape index (κ1) is 23.6. The van der Waals surface area contributed by atoms with Gasteiger partial charge in [-0.1, -0.05) is 23.7 Å². The predicted octanol–water partition coefficient (Wildman–Crippen LogP) is 5.21. The van der Waals surface area contributed by atoms with Gasteiger partial charge in [0.15, 0.2) is 5.72 Å². The molecule has 0 aliphatic carbocycles. The summed E-state index contributed by atoms with van der Waals surface area (Å²) in [5.74, 6) is 0.345. The molecule has 3 amide bonds. The van der Waals surface area contributed by atoms with Gasteiger partial charge in [0.2, 0.25) is 0 Å². The molecule has 3 heterocycles. The molecule has 2 atom stereocenters. The highest BCUT2D eigenvalue weighted by Gasteiger charge is 2.49. The summed E-state index contributed by atoms with van der Waals surface area (Å²) >= 11 is 6.16. The highest BCUT2D eigenvalue weighted by Crippen LogP contribution is 2.46. The van der Waals surface area contributed by atoms with Crippen LogP contribution in [0.15, 0.2) is 66.7 Å². The van der Waals surface area contributed by atoms with Crippen molar-refractivity contribution in [3.8, 4) is 5.75 Å². The molecular weight excluding hydrogens is 495 g/mol. The Morgan fingerprint density at radius 3 is 2.51 bits per heavy atom. The SMILES string of the molecule is C[C@@]12C[C@@H](NC(=O)N1c1ccc(C(=O)N3CCN(c4ccccc4F)CC3)cc1)c1cc(Cl)ccc1O2. The van der Waals surface area contributed by atoms with Gasteiger partial charge in [0.1, 0.15) is 11.6 Å². The molecule has 1 N–H and O–H groups in total. The molecule has 3 aromatic carbocycles. The highest BCUT2D eigenvalue weighted by atomic mass is 35.5. The lowest BCUT2D eigenvalue weighted by molar-refractivity contribution is 0.0379. The van der Waals surface area contributed by atoms with Gasteiger partial charge in [-0.15, -0.1) is 0 Å². The third-order valence-corrected chi connectivity index (χ3v) is 7.60. The Bertz CT molecular complexity index is 1380. The average Bonchev–Trinajstić information content (AvgIpc) is 2.89. The molecule has 2 bridgehead atoms. The molecule has 0 aromatic heterocycles. The Kier molecular flexibility index (Phi) is 5.71. The molecule has 0 spiro atoms. The minimum Gasteiger partial charge on any atom is -0.467 e. The number of nitrogens with zero attached hydrogens (tertiary/aromatic N) is 3. The number of nitrogens with one attached hydrogen (secondary N) is 1. The van der Waals surface area contributed by atoms with Crippen molar-refractivity contribution in [1.29, 1.82) is 0 Å². The molecule has 9 heteroatoms. The molecule has 190 valence electrons. The first-order chi connectivity index (χ1) is 17.8. The summed E-state index contributed by atoms with van der Waals surface area (Å²) in [6.07, 6.45) is 0.555. The van der Waals surface area contributed by atoms with E-state index in [1.807, 2.05) is 30.0 Å². The molecule has 2 fully saturated rings. The number of benzene rings is 3. The summed E-state index contributed by atoms with van der Waals surface area (Å²) in [5.41, 5.74) is 1.71. The number of amides is 3. The van der Waals surface area contributed by atoms with Crippen molar-refractivity contribution in [2.24, 2.45) is 0 Å². The van der Waals surface area contributed by atoms with Crippen LogP contribution in [0.5, 0.6) is 5.75 Å². The number of fused-ring (bicyclic) bond motifs is 4. The van der Waals surface area contributed by atoms with Crippen LogP contribution in [0, 0.1) is 5.82 Å². The normalized spacial score (nSPS) is 22.7. The van der Waals surface area contributed by atoms with E-state index in [2.05, 4.69) is 5.32 Å². The fraction of sp³-hybridized carbons (Fsp3) is 0.286. The van der Waals surface area contributed by atoms with Crippen molar-refractivity contribution in [1.82, 2.24) is 10.2 Å². The minimum atomic E-state index is -0.887. The lowest BCUT2D eigenvalue weighted by Gasteiger charge is -2.50.